The number of methoxy groups -OCH3 is 1. The summed E-state index contributed by atoms with van der Waals surface area (Å²) in [5.41, 5.74) is 1.09. The molecular weight excluding hydrogens is 236 g/mol. The first kappa shape index (κ1) is 16.0. The molecule has 1 aromatic heterocycles. The molecule has 0 radical (unpaired) electrons. The molecule has 0 saturated heterocycles. The molecule has 1 rings (SSSR count). The van der Waals surface area contributed by atoms with E-state index in [9.17, 15) is 0 Å². The van der Waals surface area contributed by atoms with E-state index in [0.29, 0.717) is 18.0 Å². The van der Waals surface area contributed by atoms with Crippen LogP contribution in [0.2, 0.25) is 0 Å². The Morgan fingerprint density at radius 2 is 2.00 bits per heavy atom. The Balaban J connectivity index is 2.87. The van der Waals surface area contributed by atoms with Crippen molar-refractivity contribution in [2.24, 2.45) is 0 Å². The Bertz CT molecular complexity index is 368. The summed E-state index contributed by atoms with van der Waals surface area (Å²) in [5.74, 6) is 0.698. The lowest BCUT2D eigenvalue weighted by atomic mass is 10.1. The number of ether oxygens (including phenoxy) is 1. The number of aromatic nitrogens is 1. The molecular formula is C16H28N2O. The summed E-state index contributed by atoms with van der Waals surface area (Å²) in [7, 11) is 1.67. The third kappa shape index (κ3) is 4.50. The molecule has 0 saturated carbocycles. The predicted molar refractivity (Wildman–Crippen MR) is 80.6 cm³/mol. The molecule has 0 bridgehead atoms. The van der Waals surface area contributed by atoms with Crippen LogP contribution in [0.3, 0.4) is 0 Å². The zero-order chi connectivity index (χ0) is 14.3. The molecule has 0 aliphatic heterocycles. The first-order chi connectivity index (χ1) is 9.13. The molecule has 0 aliphatic rings. The SMILES string of the molecule is CCCCN(C(C)c1cccc(OC)n1)[C@@H](C)CC. The summed E-state index contributed by atoms with van der Waals surface area (Å²) in [5, 5.41) is 0. The maximum atomic E-state index is 5.22. The van der Waals surface area contributed by atoms with Gasteiger partial charge in [0.25, 0.3) is 0 Å². The average Bonchev–Trinajstić information content (AvgIpc) is 2.47. The van der Waals surface area contributed by atoms with Crippen molar-refractivity contribution in [1.29, 1.82) is 0 Å². The van der Waals surface area contributed by atoms with E-state index < -0.39 is 0 Å². The van der Waals surface area contributed by atoms with Crippen molar-refractivity contribution in [1.82, 2.24) is 9.88 Å². The van der Waals surface area contributed by atoms with Crippen LogP contribution in [-0.2, 0) is 0 Å². The fourth-order valence-corrected chi connectivity index (χ4v) is 2.32. The summed E-state index contributed by atoms with van der Waals surface area (Å²) in [6.45, 7) is 10.2. The molecule has 0 aromatic carbocycles. The molecule has 0 fully saturated rings. The summed E-state index contributed by atoms with van der Waals surface area (Å²) < 4.78 is 5.22. The van der Waals surface area contributed by atoms with Crippen LogP contribution < -0.4 is 4.74 Å². The molecule has 0 aliphatic carbocycles. The van der Waals surface area contributed by atoms with Gasteiger partial charge in [0.15, 0.2) is 0 Å². The van der Waals surface area contributed by atoms with Gasteiger partial charge < -0.3 is 4.74 Å². The van der Waals surface area contributed by atoms with E-state index >= 15 is 0 Å². The van der Waals surface area contributed by atoms with Crippen LogP contribution in [0.5, 0.6) is 5.88 Å². The van der Waals surface area contributed by atoms with Crippen molar-refractivity contribution < 1.29 is 4.74 Å². The standard InChI is InChI=1S/C16H28N2O/c1-6-8-12-18(13(3)7-2)14(4)15-10-9-11-16(17-15)19-5/h9-11,13-14H,6-8,12H2,1-5H3/t13-,14?/m0/s1. The number of hydrogen-bond donors (Lipinski definition) is 0. The second-order valence-electron chi connectivity index (χ2n) is 5.13. The van der Waals surface area contributed by atoms with Crippen LogP contribution in [0.4, 0.5) is 0 Å². The first-order valence-electron chi connectivity index (χ1n) is 7.40. The highest BCUT2D eigenvalue weighted by molar-refractivity contribution is 5.18. The second-order valence-corrected chi connectivity index (χ2v) is 5.13. The summed E-state index contributed by atoms with van der Waals surface area (Å²) in [4.78, 5) is 7.12. The van der Waals surface area contributed by atoms with Gasteiger partial charge in [-0.3, -0.25) is 4.90 Å². The fourth-order valence-electron chi connectivity index (χ4n) is 2.32. The Kier molecular flexibility index (Phi) is 6.85. The lowest BCUT2D eigenvalue weighted by molar-refractivity contribution is 0.144. The molecule has 2 atom stereocenters. The van der Waals surface area contributed by atoms with Crippen molar-refractivity contribution in [3.05, 3.63) is 23.9 Å². The van der Waals surface area contributed by atoms with Gasteiger partial charge in [-0.25, -0.2) is 4.98 Å². The van der Waals surface area contributed by atoms with E-state index in [0.717, 1.165) is 18.7 Å². The van der Waals surface area contributed by atoms with E-state index in [1.54, 1.807) is 7.11 Å². The summed E-state index contributed by atoms with van der Waals surface area (Å²) in [6, 6.07) is 6.92. The lowest BCUT2D eigenvalue weighted by Crippen LogP contribution is -2.36. The predicted octanol–water partition coefficient (Wildman–Crippen LogP) is 4.05. The third-order valence-corrected chi connectivity index (χ3v) is 3.81. The van der Waals surface area contributed by atoms with E-state index in [4.69, 9.17) is 4.74 Å². The molecule has 1 unspecified atom stereocenters. The Hall–Kier alpha value is -1.09. The van der Waals surface area contributed by atoms with E-state index in [1.807, 2.05) is 12.1 Å². The molecule has 19 heavy (non-hydrogen) atoms. The Labute approximate surface area is 118 Å². The largest absolute Gasteiger partial charge is 0.481 e. The number of unbranched alkanes of at least 4 members (excludes halogenated alkanes) is 1. The summed E-state index contributed by atoms with van der Waals surface area (Å²) in [6.07, 6.45) is 3.63. The van der Waals surface area contributed by atoms with Gasteiger partial charge in [-0.1, -0.05) is 26.3 Å². The molecule has 1 heterocycles. The van der Waals surface area contributed by atoms with Crippen molar-refractivity contribution in [2.45, 2.75) is 59.0 Å². The Morgan fingerprint density at radius 1 is 1.26 bits per heavy atom. The zero-order valence-electron chi connectivity index (χ0n) is 13.0. The van der Waals surface area contributed by atoms with Crippen LogP contribution in [0.1, 0.15) is 58.7 Å². The highest BCUT2D eigenvalue weighted by Gasteiger charge is 2.21. The normalized spacial score (nSPS) is 14.4. The topological polar surface area (TPSA) is 25.4 Å². The molecule has 0 N–H and O–H groups in total. The number of rotatable bonds is 8. The second kappa shape index (κ2) is 8.16. The lowest BCUT2D eigenvalue weighted by Gasteiger charge is -2.34. The van der Waals surface area contributed by atoms with Gasteiger partial charge >= 0.3 is 0 Å². The number of hydrogen-bond acceptors (Lipinski definition) is 3. The van der Waals surface area contributed by atoms with E-state index in [-0.39, 0.29) is 0 Å². The smallest absolute Gasteiger partial charge is 0.213 e. The minimum Gasteiger partial charge on any atom is -0.481 e. The highest BCUT2D eigenvalue weighted by atomic mass is 16.5. The quantitative estimate of drug-likeness (QED) is 0.708. The van der Waals surface area contributed by atoms with Gasteiger partial charge in [0.1, 0.15) is 0 Å². The van der Waals surface area contributed by atoms with Crippen molar-refractivity contribution in [2.75, 3.05) is 13.7 Å². The summed E-state index contributed by atoms with van der Waals surface area (Å²) >= 11 is 0. The van der Waals surface area contributed by atoms with Crippen molar-refractivity contribution in [3.8, 4) is 5.88 Å². The number of pyridine rings is 1. The van der Waals surface area contributed by atoms with Crippen LogP contribution in [0.15, 0.2) is 18.2 Å². The van der Waals surface area contributed by atoms with Gasteiger partial charge in [0, 0.05) is 18.2 Å². The van der Waals surface area contributed by atoms with Crippen molar-refractivity contribution in [3.63, 3.8) is 0 Å². The highest BCUT2D eigenvalue weighted by Crippen LogP contribution is 2.24. The molecule has 3 nitrogen and oxygen atoms in total. The molecule has 0 amide bonds. The molecule has 108 valence electrons. The maximum Gasteiger partial charge on any atom is 0.213 e. The van der Waals surface area contributed by atoms with E-state index in [2.05, 4.69) is 43.6 Å². The average molecular weight is 264 g/mol. The van der Waals surface area contributed by atoms with Gasteiger partial charge in [0.2, 0.25) is 5.88 Å². The van der Waals surface area contributed by atoms with Crippen molar-refractivity contribution >= 4 is 0 Å². The van der Waals surface area contributed by atoms with Crippen LogP contribution in [-0.4, -0.2) is 29.6 Å². The van der Waals surface area contributed by atoms with Gasteiger partial charge in [-0.15, -0.1) is 0 Å². The van der Waals surface area contributed by atoms with E-state index in [1.165, 1.54) is 12.8 Å². The monoisotopic (exact) mass is 264 g/mol. The minimum atomic E-state index is 0.330. The third-order valence-electron chi connectivity index (χ3n) is 3.81. The number of nitrogens with zero attached hydrogens (tertiary/aromatic N) is 2. The van der Waals surface area contributed by atoms with Gasteiger partial charge in [0.05, 0.1) is 12.8 Å². The molecule has 1 aromatic rings. The molecule has 3 heteroatoms. The zero-order valence-corrected chi connectivity index (χ0v) is 13.0. The molecule has 0 spiro atoms. The fraction of sp³-hybridized carbons (Fsp3) is 0.688. The van der Waals surface area contributed by atoms with Crippen LogP contribution in [0, 0.1) is 0 Å². The minimum absolute atomic E-state index is 0.330. The van der Waals surface area contributed by atoms with Gasteiger partial charge in [-0.2, -0.15) is 0 Å². The van der Waals surface area contributed by atoms with Crippen LogP contribution in [0.25, 0.3) is 0 Å². The first-order valence-corrected chi connectivity index (χ1v) is 7.40. The maximum absolute atomic E-state index is 5.22. The van der Waals surface area contributed by atoms with Crippen LogP contribution >= 0.6 is 0 Å². The van der Waals surface area contributed by atoms with Gasteiger partial charge in [-0.05, 0) is 39.3 Å². The Morgan fingerprint density at radius 3 is 2.58 bits per heavy atom.